The van der Waals surface area contributed by atoms with Gasteiger partial charge in [0, 0.05) is 5.56 Å². The number of likely N-dealkylation sites (tertiary alicyclic amines) is 1. The second-order valence-corrected chi connectivity index (χ2v) is 8.78. The minimum atomic E-state index is -0.463. The third-order valence-electron chi connectivity index (χ3n) is 6.00. The van der Waals surface area contributed by atoms with Crippen molar-refractivity contribution in [3.63, 3.8) is 0 Å². The van der Waals surface area contributed by atoms with Crippen molar-refractivity contribution in [2.75, 3.05) is 31.2 Å². The predicted molar refractivity (Wildman–Crippen MR) is 143 cm³/mol. The number of esters is 1. The zero-order chi connectivity index (χ0) is 26.9. The molecule has 1 aliphatic rings. The van der Waals surface area contributed by atoms with Gasteiger partial charge in [0.05, 0.1) is 6.54 Å². The minimum Gasteiger partial charge on any atom is -0.423 e. The Morgan fingerprint density at radius 3 is 2.50 bits per heavy atom. The van der Waals surface area contributed by atoms with Crippen LogP contribution < -0.4 is 21.1 Å². The van der Waals surface area contributed by atoms with Gasteiger partial charge in [-0.2, -0.15) is 0 Å². The number of piperidine rings is 1. The van der Waals surface area contributed by atoms with Gasteiger partial charge in [-0.15, -0.1) is 10.2 Å². The van der Waals surface area contributed by atoms with E-state index in [-0.39, 0.29) is 41.8 Å². The lowest BCUT2D eigenvalue weighted by atomic mass is 10.0. The van der Waals surface area contributed by atoms with E-state index in [0.29, 0.717) is 17.0 Å². The monoisotopic (exact) mass is 515 g/mol. The summed E-state index contributed by atoms with van der Waals surface area (Å²) in [6.45, 7) is 0.620. The van der Waals surface area contributed by atoms with Gasteiger partial charge in [-0.05, 0) is 62.8 Å². The summed E-state index contributed by atoms with van der Waals surface area (Å²) in [6.07, 6.45) is 2.80. The maximum absolute atomic E-state index is 12.7. The van der Waals surface area contributed by atoms with Crippen LogP contribution >= 0.6 is 0 Å². The van der Waals surface area contributed by atoms with Gasteiger partial charge in [-0.25, -0.2) is 9.78 Å². The van der Waals surface area contributed by atoms with E-state index in [1.165, 1.54) is 6.07 Å². The Kier molecular flexibility index (Phi) is 8.73. The first-order chi connectivity index (χ1) is 18.4. The van der Waals surface area contributed by atoms with Gasteiger partial charge in [0.2, 0.25) is 5.91 Å². The van der Waals surface area contributed by atoms with E-state index in [9.17, 15) is 14.4 Å². The SMILES string of the molecule is CN1CCCC[C@H]1C(=O)Oc1ccccc1N=Nc1ccc(NC(=O)CNC(=O)c2ccccc2)nc1N. The summed E-state index contributed by atoms with van der Waals surface area (Å²) >= 11 is 0. The van der Waals surface area contributed by atoms with Gasteiger partial charge >= 0.3 is 5.97 Å². The lowest BCUT2D eigenvalue weighted by molar-refractivity contribution is -0.141. The van der Waals surface area contributed by atoms with Crippen LogP contribution in [0.5, 0.6) is 5.75 Å². The Bertz CT molecular complexity index is 1330. The standard InChI is InChI=1S/C27H29N7O4/c1-34-16-8-7-12-21(34)27(37)38-22-13-6-5-11-19(22)32-33-20-14-15-23(31-25(20)28)30-24(35)17-29-26(36)18-9-3-2-4-10-18/h2-6,9-11,13-15,21H,7-8,12,16-17H2,1H3,(H,29,36)(H3,28,30,31,35)/t21-/m0/s1. The van der Waals surface area contributed by atoms with Crippen molar-refractivity contribution in [2.45, 2.75) is 25.3 Å². The van der Waals surface area contributed by atoms with E-state index in [1.54, 1.807) is 60.7 Å². The van der Waals surface area contributed by atoms with Crippen molar-refractivity contribution in [1.29, 1.82) is 0 Å². The Morgan fingerprint density at radius 1 is 1.00 bits per heavy atom. The van der Waals surface area contributed by atoms with Crippen LogP contribution in [0.3, 0.4) is 0 Å². The number of nitrogens with one attached hydrogen (secondary N) is 2. The van der Waals surface area contributed by atoms with Crippen molar-refractivity contribution < 1.29 is 19.1 Å². The average molecular weight is 516 g/mol. The Morgan fingerprint density at radius 2 is 1.74 bits per heavy atom. The third kappa shape index (κ3) is 6.98. The molecule has 196 valence electrons. The van der Waals surface area contributed by atoms with Gasteiger partial charge in [0.25, 0.3) is 5.91 Å². The largest absolute Gasteiger partial charge is 0.423 e. The Balaban J connectivity index is 1.36. The minimum absolute atomic E-state index is 0.0400. The van der Waals surface area contributed by atoms with Gasteiger partial charge in [0.1, 0.15) is 23.2 Å². The van der Waals surface area contributed by atoms with Crippen LogP contribution in [-0.2, 0) is 9.59 Å². The molecule has 4 N–H and O–H groups in total. The van der Waals surface area contributed by atoms with Gasteiger partial charge in [-0.3, -0.25) is 14.5 Å². The van der Waals surface area contributed by atoms with Crippen LogP contribution in [0.15, 0.2) is 77.0 Å². The van der Waals surface area contributed by atoms with E-state index >= 15 is 0 Å². The summed E-state index contributed by atoms with van der Waals surface area (Å²) in [7, 11) is 1.92. The molecule has 1 fully saturated rings. The van der Waals surface area contributed by atoms with Crippen molar-refractivity contribution in [1.82, 2.24) is 15.2 Å². The van der Waals surface area contributed by atoms with Crippen LogP contribution in [0, 0.1) is 0 Å². The molecule has 11 heteroatoms. The molecule has 0 radical (unpaired) electrons. The molecule has 38 heavy (non-hydrogen) atoms. The topological polar surface area (TPSA) is 151 Å². The second kappa shape index (κ2) is 12.5. The normalized spacial score (nSPS) is 15.7. The van der Waals surface area contributed by atoms with E-state index in [2.05, 4.69) is 25.8 Å². The fourth-order valence-corrected chi connectivity index (χ4v) is 3.94. The van der Waals surface area contributed by atoms with Crippen LogP contribution in [0.4, 0.5) is 23.0 Å². The first kappa shape index (κ1) is 26.4. The number of benzene rings is 2. The smallest absolute Gasteiger partial charge is 0.328 e. The number of likely N-dealkylation sites (N-methyl/N-ethyl adjacent to an activating group) is 1. The average Bonchev–Trinajstić information content (AvgIpc) is 2.92. The number of azo groups is 1. The van der Waals surface area contributed by atoms with Crippen molar-refractivity contribution in [3.05, 3.63) is 72.3 Å². The second-order valence-electron chi connectivity index (χ2n) is 8.78. The molecule has 1 saturated heterocycles. The number of rotatable bonds is 8. The molecule has 0 bridgehead atoms. The highest BCUT2D eigenvalue weighted by Gasteiger charge is 2.28. The molecule has 0 saturated carbocycles. The number of para-hydroxylation sites is 1. The number of anilines is 2. The molecule has 3 aromatic rings. The van der Waals surface area contributed by atoms with E-state index in [0.717, 1.165) is 25.8 Å². The maximum Gasteiger partial charge on any atom is 0.328 e. The molecule has 2 heterocycles. The number of hydrogen-bond donors (Lipinski definition) is 3. The van der Waals surface area contributed by atoms with Crippen LogP contribution in [-0.4, -0.2) is 53.8 Å². The highest BCUT2D eigenvalue weighted by Crippen LogP contribution is 2.31. The fourth-order valence-electron chi connectivity index (χ4n) is 3.94. The number of nitrogen functional groups attached to an aromatic ring is 1. The number of nitrogens with two attached hydrogens (primary N) is 1. The zero-order valence-corrected chi connectivity index (χ0v) is 21.0. The number of nitrogens with zero attached hydrogens (tertiary/aromatic N) is 4. The predicted octanol–water partition coefficient (Wildman–Crippen LogP) is 3.84. The summed E-state index contributed by atoms with van der Waals surface area (Å²) in [5.41, 5.74) is 7.11. The number of carbonyl (C=O) groups excluding carboxylic acids is 3. The Hall–Kier alpha value is -4.64. The number of amides is 2. The summed E-state index contributed by atoms with van der Waals surface area (Å²) in [6, 6.07) is 18.2. The summed E-state index contributed by atoms with van der Waals surface area (Å²) in [4.78, 5) is 43.2. The highest BCUT2D eigenvalue weighted by molar-refractivity contribution is 5.99. The molecule has 0 unspecified atom stereocenters. The number of pyridine rings is 1. The van der Waals surface area contributed by atoms with Crippen LogP contribution in [0.2, 0.25) is 0 Å². The number of ether oxygens (including phenoxy) is 1. The molecule has 2 aromatic carbocycles. The van der Waals surface area contributed by atoms with Gasteiger partial charge < -0.3 is 21.1 Å². The van der Waals surface area contributed by atoms with E-state index in [1.807, 2.05) is 11.9 Å². The van der Waals surface area contributed by atoms with Gasteiger partial charge in [0.15, 0.2) is 11.6 Å². The molecule has 1 atom stereocenters. The van der Waals surface area contributed by atoms with Crippen molar-refractivity contribution in [2.24, 2.45) is 10.2 Å². The summed E-state index contributed by atoms with van der Waals surface area (Å²) < 4.78 is 5.65. The molecule has 1 aliphatic heterocycles. The lowest BCUT2D eigenvalue weighted by Crippen LogP contribution is -2.44. The number of aromatic nitrogens is 1. The Labute approximate surface area is 220 Å². The zero-order valence-electron chi connectivity index (χ0n) is 21.0. The van der Waals surface area contributed by atoms with Gasteiger partial charge in [-0.1, -0.05) is 36.8 Å². The summed E-state index contributed by atoms with van der Waals surface area (Å²) in [5, 5.41) is 13.5. The quantitative estimate of drug-likeness (QED) is 0.234. The molecular weight excluding hydrogens is 486 g/mol. The maximum atomic E-state index is 12.7. The number of carbonyl (C=O) groups is 3. The fraction of sp³-hybridized carbons (Fsp3) is 0.259. The molecule has 0 spiro atoms. The highest BCUT2D eigenvalue weighted by atomic mass is 16.5. The molecule has 11 nitrogen and oxygen atoms in total. The number of hydrogen-bond acceptors (Lipinski definition) is 9. The molecule has 4 rings (SSSR count). The molecule has 1 aromatic heterocycles. The lowest BCUT2D eigenvalue weighted by Gasteiger charge is -2.30. The summed E-state index contributed by atoms with van der Waals surface area (Å²) in [5.74, 6) is -0.607. The third-order valence-corrected chi connectivity index (χ3v) is 6.00. The van der Waals surface area contributed by atoms with Crippen molar-refractivity contribution in [3.8, 4) is 5.75 Å². The van der Waals surface area contributed by atoms with E-state index < -0.39 is 5.91 Å². The van der Waals surface area contributed by atoms with E-state index in [4.69, 9.17) is 10.5 Å². The molecular formula is C27H29N7O4. The molecule has 0 aliphatic carbocycles. The first-order valence-corrected chi connectivity index (χ1v) is 12.2. The molecule has 2 amide bonds. The first-order valence-electron chi connectivity index (χ1n) is 12.2. The van der Waals surface area contributed by atoms with Crippen LogP contribution in [0.25, 0.3) is 0 Å². The van der Waals surface area contributed by atoms with Crippen molar-refractivity contribution >= 4 is 40.8 Å². The van der Waals surface area contributed by atoms with Crippen LogP contribution in [0.1, 0.15) is 29.6 Å².